The molecule has 0 aromatic heterocycles. The number of hydrogen-bond acceptors (Lipinski definition) is 3. The zero-order valence-electron chi connectivity index (χ0n) is 13.7. The Morgan fingerprint density at radius 2 is 1.50 bits per heavy atom. The molecule has 1 fully saturated rings. The average Bonchev–Trinajstić information content (AvgIpc) is 2.65. The molecule has 0 bridgehead atoms. The van der Waals surface area contributed by atoms with Crippen molar-refractivity contribution in [3.63, 3.8) is 0 Å². The number of halogens is 3. The van der Waals surface area contributed by atoms with Gasteiger partial charge in [0.05, 0.1) is 15.7 Å². The van der Waals surface area contributed by atoms with E-state index < -0.39 is 11.8 Å². The third-order valence-electron chi connectivity index (χ3n) is 4.15. The molecule has 0 atom stereocenters. The summed E-state index contributed by atoms with van der Waals surface area (Å²) in [5, 5.41) is 3.00. The molecule has 0 aliphatic carbocycles. The Balaban J connectivity index is 1.59. The van der Waals surface area contributed by atoms with Gasteiger partial charge in [-0.15, -0.1) is 0 Å². The molecular formula is C18H16Cl2FN3O2. The molecule has 3 rings (SSSR count). The number of rotatable bonds is 2. The van der Waals surface area contributed by atoms with Crippen molar-refractivity contribution >= 4 is 46.4 Å². The number of nitrogens with zero attached hydrogens (tertiary/aromatic N) is 2. The summed E-state index contributed by atoms with van der Waals surface area (Å²) in [5.74, 6) is -1.72. The summed E-state index contributed by atoms with van der Waals surface area (Å²) in [4.78, 5) is 28.1. The number of carbonyl (C=O) groups excluding carboxylic acids is 2. The monoisotopic (exact) mass is 395 g/mol. The van der Waals surface area contributed by atoms with E-state index in [-0.39, 0.29) is 21.5 Å². The van der Waals surface area contributed by atoms with Gasteiger partial charge in [0.15, 0.2) is 0 Å². The van der Waals surface area contributed by atoms with Crippen molar-refractivity contribution in [1.82, 2.24) is 4.90 Å². The first-order valence-corrected chi connectivity index (χ1v) is 8.76. The summed E-state index contributed by atoms with van der Waals surface area (Å²) in [6.07, 6.45) is 0. The molecule has 0 spiro atoms. The zero-order valence-corrected chi connectivity index (χ0v) is 15.2. The molecule has 1 heterocycles. The summed E-state index contributed by atoms with van der Waals surface area (Å²) in [7, 11) is 0. The molecule has 0 radical (unpaired) electrons. The lowest BCUT2D eigenvalue weighted by Crippen LogP contribution is -2.51. The number of anilines is 2. The lowest BCUT2D eigenvalue weighted by atomic mass is 10.2. The molecule has 136 valence electrons. The van der Waals surface area contributed by atoms with Crippen molar-refractivity contribution in [1.29, 1.82) is 0 Å². The highest BCUT2D eigenvalue weighted by Gasteiger charge is 2.27. The highest BCUT2D eigenvalue weighted by atomic mass is 35.5. The Bertz CT molecular complexity index is 801. The van der Waals surface area contributed by atoms with Gasteiger partial charge in [-0.3, -0.25) is 9.59 Å². The maximum absolute atomic E-state index is 13.0. The first-order valence-electron chi connectivity index (χ1n) is 8.00. The zero-order chi connectivity index (χ0) is 18.7. The number of benzene rings is 2. The number of nitrogens with one attached hydrogen (secondary N) is 1. The molecule has 8 heteroatoms. The van der Waals surface area contributed by atoms with Crippen LogP contribution >= 0.6 is 23.2 Å². The fourth-order valence-corrected chi connectivity index (χ4v) is 3.24. The van der Waals surface area contributed by atoms with Gasteiger partial charge in [-0.05, 0) is 36.4 Å². The van der Waals surface area contributed by atoms with E-state index in [9.17, 15) is 14.0 Å². The molecule has 1 aliphatic heterocycles. The number of hydrogen-bond donors (Lipinski definition) is 1. The molecule has 2 amide bonds. The Morgan fingerprint density at radius 3 is 2.08 bits per heavy atom. The van der Waals surface area contributed by atoms with E-state index in [4.69, 9.17) is 23.2 Å². The largest absolute Gasteiger partial charge is 0.368 e. The molecule has 1 N–H and O–H groups in total. The second kappa shape index (κ2) is 7.93. The van der Waals surface area contributed by atoms with Gasteiger partial charge in [-0.25, -0.2) is 4.39 Å². The summed E-state index contributed by atoms with van der Waals surface area (Å²) in [5.41, 5.74) is 1.10. The van der Waals surface area contributed by atoms with Crippen LogP contribution in [0.5, 0.6) is 0 Å². The third-order valence-corrected chi connectivity index (χ3v) is 4.78. The minimum atomic E-state index is -0.782. The molecule has 0 saturated carbocycles. The SMILES string of the molecule is O=C(Nc1c(Cl)cccc1Cl)C(=O)N1CCN(c2ccc(F)cc2)CC1. The normalized spacial score (nSPS) is 14.3. The van der Waals surface area contributed by atoms with Crippen LogP contribution in [0.1, 0.15) is 0 Å². The lowest BCUT2D eigenvalue weighted by molar-refractivity contribution is -0.143. The second-order valence-electron chi connectivity index (χ2n) is 5.81. The van der Waals surface area contributed by atoms with E-state index in [0.717, 1.165) is 5.69 Å². The quantitative estimate of drug-likeness (QED) is 0.792. The third kappa shape index (κ3) is 4.08. The molecule has 1 saturated heterocycles. The van der Waals surface area contributed by atoms with Crippen LogP contribution in [0.2, 0.25) is 10.0 Å². The fourth-order valence-electron chi connectivity index (χ4n) is 2.75. The molecule has 1 aliphatic rings. The van der Waals surface area contributed by atoms with Crippen LogP contribution < -0.4 is 10.2 Å². The second-order valence-corrected chi connectivity index (χ2v) is 6.62. The van der Waals surface area contributed by atoms with Gasteiger partial charge < -0.3 is 15.1 Å². The van der Waals surface area contributed by atoms with Gasteiger partial charge in [0, 0.05) is 31.9 Å². The van der Waals surface area contributed by atoms with Crippen molar-refractivity contribution in [3.8, 4) is 0 Å². The summed E-state index contributed by atoms with van der Waals surface area (Å²) < 4.78 is 13.0. The van der Waals surface area contributed by atoms with Crippen molar-refractivity contribution in [2.24, 2.45) is 0 Å². The van der Waals surface area contributed by atoms with Crippen LogP contribution in [-0.4, -0.2) is 42.9 Å². The van der Waals surface area contributed by atoms with Gasteiger partial charge in [-0.1, -0.05) is 29.3 Å². The predicted molar refractivity (Wildman–Crippen MR) is 100 cm³/mol. The maximum atomic E-state index is 13.0. The van der Waals surface area contributed by atoms with Crippen molar-refractivity contribution in [2.45, 2.75) is 0 Å². The fraction of sp³-hybridized carbons (Fsp3) is 0.222. The van der Waals surface area contributed by atoms with Crippen LogP contribution in [0.25, 0.3) is 0 Å². The highest BCUT2D eigenvalue weighted by molar-refractivity contribution is 6.44. The molecule has 5 nitrogen and oxygen atoms in total. The van der Waals surface area contributed by atoms with Crippen LogP contribution in [0.3, 0.4) is 0 Å². The van der Waals surface area contributed by atoms with Crippen LogP contribution in [0, 0.1) is 5.82 Å². The Hall–Kier alpha value is -2.31. The minimum Gasteiger partial charge on any atom is -0.368 e. The highest BCUT2D eigenvalue weighted by Crippen LogP contribution is 2.29. The average molecular weight is 396 g/mol. The summed E-state index contributed by atoms with van der Waals surface area (Å²) in [6.45, 7) is 1.88. The van der Waals surface area contributed by atoms with E-state index in [1.807, 2.05) is 4.90 Å². The Labute approximate surface area is 160 Å². The van der Waals surface area contributed by atoms with Crippen molar-refractivity contribution < 1.29 is 14.0 Å². The van der Waals surface area contributed by atoms with Crippen LogP contribution in [0.4, 0.5) is 15.8 Å². The number of piperazine rings is 1. The predicted octanol–water partition coefficient (Wildman–Crippen LogP) is 3.42. The maximum Gasteiger partial charge on any atom is 0.313 e. The van der Waals surface area contributed by atoms with E-state index in [0.29, 0.717) is 26.2 Å². The van der Waals surface area contributed by atoms with Gasteiger partial charge in [0.1, 0.15) is 5.82 Å². The first-order chi connectivity index (χ1) is 12.5. The minimum absolute atomic E-state index is 0.221. The smallest absolute Gasteiger partial charge is 0.313 e. The van der Waals surface area contributed by atoms with Crippen molar-refractivity contribution in [3.05, 3.63) is 58.3 Å². The van der Waals surface area contributed by atoms with Gasteiger partial charge in [0.25, 0.3) is 0 Å². The van der Waals surface area contributed by atoms with Gasteiger partial charge in [0.2, 0.25) is 0 Å². The van der Waals surface area contributed by atoms with E-state index in [1.54, 1.807) is 30.3 Å². The topological polar surface area (TPSA) is 52.7 Å². The van der Waals surface area contributed by atoms with Gasteiger partial charge >= 0.3 is 11.8 Å². The molecular weight excluding hydrogens is 380 g/mol. The standard InChI is InChI=1S/C18H16Cl2FN3O2/c19-14-2-1-3-15(20)16(14)22-17(25)18(26)24-10-8-23(9-11-24)13-6-4-12(21)5-7-13/h1-7H,8-11H2,(H,22,25). The lowest BCUT2D eigenvalue weighted by Gasteiger charge is -2.35. The molecule has 0 unspecified atom stereocenters. The van der Waals surface area contributed by atoms with E-state index in [1.165, 1.54) is 17.0 Å². The van der Waals surface area contributed by atoms with E-state index >= 15 is 0 Å². The Morgan fingerprint density at radius 1 is 0.923 bits per heavy atom. The first kappa shape index (κ1) is 18.5. The van der Waals surface area contributed by atoms with Gasteiger partial charge in [-0.2, -0.15) is 0 Å². The molecule has 26 heavy (non-hydrogen) atoms. The van der Waals surface area contributed by atoms with Crippen LogP contribution in [-0.2, 0) is 9.59 Å². The Kier molecular flexibility index (Phi) is 5.64. The molecule has 2 aromatic rings. The number of carbonyl (C=O) groups is 2. The van der Waals surface area contributed by atoms with E-state index in [2.05, 4.69) is 5.32 Å². The number of para-hydroxylation sites is 1. The summed E-state index contributed by atoms with van der Waals surface area (Å²) >= 11 is 12.0. The summed E-state index contributed by atoms with van der Waals surface area (Å²) in [6, 6.07) is 11.0. The number of amides is 2. The molecule has 2 aromatic carbocycles. The van der Waals surface area contributed by atoms with Crippen molar-refractivity contribution in [2.75, 3.05) is 36.4 Å². The van der Waals surface area contributed by atoms with Crippen LogP contribution in [0.15, 0.2) is 42.5 Å².